The molecule has 1 fully saturated rings. The molecule has 1 aliphatic rings. The number of likely N-dealkylation sites (tertiary alicyclic amines) is 1. The summed E-state index contributed by atoms with van der Waals surface area (Å²) in [6, 6.07) is 7.53. The second-order valence-corrected chi connectivity index (χ2v) is 6.97. The van der Waals surface area contributed by atoms with E-state index in [2.05, 4.69) is 5.32 Å². The smallest absolute Gasteiger partial charge is 0.290 e. The van der Waals surface area contributed by atoms with Crippen LogP contribution in [0, 0.1) is 5.92 Å². The molecule has 0 bridgehead atoms. The third kappa shape index (κ3) is 7.38. The summed E-state index contributed by atoms with van der Waals surface area (Å²) in [6.45, 7) is 6.27. The van der Waals surface area contributed by atoms with E-state index in [9.17, 15) is 9.59 Å². The van der Waals surface area contributed by atoms with Gasteiger partial charge in [-0.25, -0.2) is 0 Å². The minimum Gasteiger partial charge on any atom is -0.494 e. The lowest BCUT2D eigenvalue weighted by Crippen LogP contribution is -2.48. The molecular formula is C21H33N3O5. The normalized spacial score (nSPS) is 18.7. The Morgan fingerprint density at radius 3 is 2.45 bits per heavy atom. The quantitative estimate of drug-likeness (QED) is 0.637. The van der Waals surface area contributed by atoms with Crippen molar-refractivity contribution < 1.29 is 24.2 Å². The summed E-state index contributed by atoms with van der Waals surface area (Å²) in [5, 5.41) is 9.92. The zero-order valence-corrected chi connectivity index (χ0v) is 17.8. The molecule has 2 amide bonds. The summed E-state index contributed by atoms with van der Waals surface area (Å²) in [7, 11) is 3.96. The van der Waals surface area contributed by atoms with Gasteiger partial charge >= 0.3 is 0 Å². The highest BCUT2D eigenvalue weighted by molar-refractivity contribution is 5.85. The third-order valence-corrected chi connectivity index (χ3v) is 4.77. The molecule has 1 saturated heterocycles. The first-order valence-corrected chi connectivity index (χ1v) is 9.92. The Morgan fingerprint density at radius 2 is 1.93 bits per heavy atom. The topological polar surface area (TPSA) is 99.2 Å². The van der Waals surface area contributed by atoms with Crippen LogP contribution < -0.4 is 10.1 Å². The van der Waals surface area contributed by atoms with E-state index in [1.54, 1.807) is 0 Å². The number of piperidine rings is 1. The third-order valence-electron chi connectivity index (χ3n) is 4.77. The molecule has 162 valence electrons. The van der Waals surface area contributed by atoms with Crippen LogP contribution in [-0.2, 0) is 14.4 Å². The SMILES string of the molecule is CCOc1ccc([C@H]2[C@H](C(=O)NCCN(C)C)CCC(=O)N2CC)cc1.O=CO. The number of carboxylic acid groups (broad SMARTS) is 1. The summed E-state index contributed by atoms with van der Waals surface area (Å²) in [4.78, 5) is 37.4. The number of amides is 2. The van der Waals surface area contributed by atoms with Crippen LogP contribution in [0.1, 0.15) is 38.3 Å². The van der Waals surface area contributed by atoms with Crippen LogP contribution in [0.2, 0.25) is 0 Å². The van der Waals surface area contributed by atoms with E-state index in [4.69, 9.17) is 14.6 Å². The summed E-state index contributed by atoms with van der Waals surface area (Å²) in [5.74, 6) is 0.710. The molecule has 2 atom stereocenters. The van der Waals surface area contributed by atoms with Crippen molar-refractivity contribution in [2.24, 2.45) is 5.92 Å². The molecule has 1 aliphatic heterocycles. The first-order valence-electron chi connectivity index (χ1n) is 9.92. The van der Waals surface area contributed by atoms with Gasteiger partial charge in [0.1, 0.15) is 5.75 Å². The number of carbonyl (C=O) groups excluding carboxylic acids is 2. The van der Waals surface area contributed by atoms with Gasteiger partial charge in [-0.3, -0.25) is 14.4 Å². The van der Waals surface area contributed by atoms with Crippen molar-refractivity contribution >= 4 is 18.3 Å². The second-order valence-electron chi connectivity index (χ2n) is 6.97. The summed E-state index contributed by atoms with van der Waals surface area (Å²) < 4.78 is 5.51. The molecule has 1 heterocycles. The van der Waals surface area contributed by atoms with Crippen molar-refractivity contribution in [2.45, 2.75) is 32.7 Å². The molecular weight excluding hydrogens is 374 g/mol. The maximum Gasteiger partial charge on any atom is 0.290 e. The average molecular weight is 408 g/mol. The lowest BCUT2D eigenvalue weighted by molar-refractivity contribution is -0.143. The molecule has 1 aromatic carbocycles. The molecule has 0 saturated carbocycles. The number of ether oxygens (including phenoxy) is 1. The fourth-order valence-corrected chi connectivity index (χ4v) is 3.47. The summed E-state index contributed by atoms with van der Waals surface area (Å²) >= 11 is 0. The molecule has 2 N–H and O–H groups in total. The first-order chi connectivity index (χ1) is 13.9. The highest BCUT2D eigenvalue weighted by Gasteiger charge is 2.39. The van der Waals surface area contributed by atoms with Gasteiger partial charge in [0.25, 0.3) is 6.47 Å². The molecule has 8 heteroatoms. The van der Waals surface area contributed by atoms with Crippen molar-refractivity contribution in [1.29, 1.82) is 0 Å². The number of nitrogens with zero attached hydrogens (tertiary/aromatic N) is 2. The molecule has 2 rings (SSSR count). The van der Waals surface area contributed by atoms with Crippen LogP contribution in [0.5, 0.6) is 5.75 Å². The fraction of sp³-hybridized carbons (Fsp3) is 0.571. The van der Waals surface area contributed by atoms with E-state index in [1.165, 1.54) is 0 Å². The van der Waals surface area contributed by atoms with Crippen molar-refractivity contribution in [1.82, 2.24) is 15.1 Å². The van der Waals surface area contributed by atoms with E-state index in [1.807, 2.05) is 62.0 Å². The van der Waals surface area contributed by atoms with Gasteiger partial charge in [-0.05, 0) is 52.1 Å². The van der Waals surface area contributed by atoms with Crippen LogP contribution >= 0.6 is 0 Å². The summed E-state index contributed by atoms with van der Waals surface area (Å²) in [5.41, 5.74) is 0.983. The lowest BCUT2D eigenvalue weighted by Gasteiger charge is -2.40. The van der Waals surface area contributed by atoms with Crippen LogP contribution in [0.3, 0.4) is 0 Å². The Balaban J connectivity index is 0.00000132. The van der Waals surface area contributed by atoms with Crippen molar-refractivity contribution in [3.63, 3.8) is 0 Å². The standard InChI is InChI=1S/C20H31N3O3.CH2O2/c1-5-23-18(24)12-11-17(20(25)21-13-14-22(3)4)19(23)15-7-9-16(10-8-15)26-6-2;2-1-3/h7-10,17,19H,5-6,11-14H2,1-4H3,(H,21,25);1H,(H,2,3)/t17-,19+;/m1./s1. The largest absolute Gasteiger partial charge is 0.494 e. The number of hydrogen-bond acceptors (Lipinski definition) is 5. The van der Waals surface area contributed by atoms with Gasteiger partial charge in [-0.2, -0.15) is 0 Å². The van der Waals surface area contributed by atoms with Gasteiger partial charge < -0.3 is 25.0 Å². The maximum absolute atomic E-state index is 12.8. The first kappa shape index (κ1) is 24.4. The average Bonchev–Trinajstić information content (AvgIpc) is 2.69. The Morgan fingerprint density at radius 1 is 1.31 bits per heavy atom. The molecule has 29 heavy (non-hydrogen) atoms. The zero-order valence-electron chi connectivity index (χ0n) is 17.8. The van der Waals surface area contributed by atoms with Gasteiger partial charge in [0.15, 0.2) is 0 Å². The number of rotatable bonds is 8. The van der Waals surface area contributed by atoms with Crippen molar-refractivity contribution in [3.05, 3.63) is 29.8 Å². The van der Waals surface area contributed by atoms with Crippen LogP contribution in [-0.4, -0.2) is 73.5 Å². The Kier molecular flexibility index (Phi) is 10.8. The van der Waals surface area contributed by atoms with Crippen LogP contribution in [0.4, 0.5) is 0 Å². The molecule has 0 unspecified atom stereocenters. The predicted molar refractivity (Wildman–Crippen MR) is 111 cm³/mol. The minimum absolute atomic E-state index is 0.0247. The van der Waals surface area contributed by atoms with Gasteiger partial charge in [0, 0.05) is 26.1 Å². The van der Waals surface area contributed by atoms with Gasteiger partial charge in [0.2, 0.25) is 11.8 Å². The Labute approximate surface area is 172 Å². The van der Waals surface area contributed by atoms with Crippen LogP contribution in [0.25, 0.3) is 0 Å². The van der Waals surface area contributed by atoms with Gasteiger partial charge in [-0.1, -0.05) is 12.1 Å². The van der Waals surface area contributed by atoms with E-state index in [0.717, 1.165) is 17.9 Å². The number of carbonyl (C=O) groups is 3. The lowest BCUT2D eigenvalue weighted by atomic mass is 9.83. The number of hydrogen-bond donors (Lipinski definition) is 2. The van der Waals surface area contributed by atoms with Crippen LogP contribution in [0.15, 0.2) is 24.3 Å². The van der Waals surface area contributed by atoms with E-state index in [0.29, 0.717) is 32.5 Å². The molecule has 8 nitrogen and oxygen atoms in total. The minimum atomic E-state index is -0.250. The van der Waals surface area contributed by atoms with E-state index in [-0.39, 0.29) is 30.2 Å². The Hall–Kier alpha value is -2.61. The number of benzene rings is 1. The molecule has 0 aliphatic carbocycles. The molecule has 1 aromatic rings. The predicted octanol–water partition coefficient (Wildman–Crippen LogP) is 1.76. The van der Waals surface area contributed by atoms with Gasteiger partial charge in [0.05, 0.1) is 18.6 Å². The van der Waals surface area contributed by atoms with Crippen molar-refractivity contribution in [2.75, 3.05) is 40.3 Å². The highest BCUT2D eigenvalue weighted by Crippen LogP contribution is 2.37. The van der Waals surface area contributed by atoms with Gasteiger partial charge in [-0.15, -0.1) is 0 Å². The molecule has 0 spiro atoms. The monoisotopic (exact) mass is 407 g/mol. The van der Waals surface area contributed by atoms with E-state index >= 15 is 0 Å². The molecule has 0 aromatic heterocycles. The number of nitrogens with one attached hydrogen (secondary N) is 1. The zero-order chi connectivity index (χ0) is 21.8. The van der Waals surface area contributed by atoms with E-state index < -0.39 is 0 Å². The second kappa shape index (κ2) is 12.8. The highest BCUT2D eigenvalue weighted by atomic mass is 16.5. The maximum atomic E-state index is 12.8. The van der Waals surface area contributed by atoms with Crippen molar-refractivity contribution in [3.8, 4) is 5.75 Å². The number of likely N-dealkylation sites (N-methyl/N-ethyl adjacent to an activating group) is 1. The Bertz CT molecular complexity index is 648. The fourth-order valence-electron chi connectivity index (χ4n) is 3.47. The summed E-state index contributed by atoms with van der Waals surface area (Å²) in [6.07, 6.45) is 1.01. The molecule has 0 radical (unpaired) electrons.